The molecular weight excluding hydrogens is 264 g/mol. The maximum Gasteiger partial charge on any atom is 0.193 e. The summed E-state index contributed by atoms with van der Waals surface area (Å²) in [5.41, 5.74) is 0.621. The molecular formula is C15H11ClO3. The van der Waals surface area contributed by atoms with Gasteiger partial charge >= 0.3 is 0 Å². The monoisotopic (exact) mass is 274 g/mol. The van der Waals surface area contributed by atoms with Crippen molar-refractivity contribution in [3.8, 4) is 5.75 Å². The Morgan fingerprint density at radius 3 is 2.32 bits per heavy atom. The van der Waals surface area contributed by atoms with E-state index < -0.39 is 5.78 Å². The molecule has 0 radical (unpaired) electrons. The number of carbonyl (C=O) groups excluding carboxylic acids is 1. The molecule has 3 nitrogen and oxygen atoms in total. The Morgan fingerprint density at radius 2 is 1.68 bits per heavy atom. The van der Waals surface area contributed by atoms with E-state index in [4.69, 9.17) is 11.6 Å². The minimum absolute atomic E-state index is 0.118. The largest absolute Gasteiger partial charge is 0.507 e. The molecule has 0 fully saturated rings. The van der Waals surface area contributed by atoms with Crippen molar-refractivity contribution in [3.05, 3.63) is 70.8 Å². The number of aromatic hydroxyl groups is 1. The third-order valence-corrected chi connectivity index (χ3v) is 2.83. The van der Waals surface area contributed by atoms with Gasteiger partial charge in [0.2, 0.25) is 0 Å². The quantitative estimate of drug-likeness (QED) is 0.508. The van der Waals surface area contributed by atoms with Gasteiger partial charge in [-0.25, -0.2) is 0 Å². The van der Waals surface area contributed by atoms with Gasteiger partial charge < -0.3 is 10.2 Å². The Morgan fingerprint density at radius 1 is 1.05 bits per heavy atom. The van der Waals surface area contributed by atoms with Gasteiger partial charge in [0.25, 0.3) is 0 Å². The van der Waals surface area contributed by atoms with Crippen LogP contribution >= 0.6 is 11.6 Å². The second-order valence-corrected chi connectivity index (χ2v) is 4.35. The molecule has 0 aromatic heterocycles. The highest BCUT2D eigenvalue weighted by atomic mass is 35.5. The number of benzene rings is 2. The van der Waals surface area contributed by atoms with E-state index >= 15 is 0 Å². The number of rotatable bonds is 3. The van der Waals surface area contributed by atoms with Crippen LogP contribution in [-0.2, 0) is 0 Å². The number of carbonyl (C=O) groups is 1. The minimum Gasteiger partial charge on any atom is -0.507 e. The molecule has 0 amide bonds. The Hall–Kier alpha value is -2.26. The number of hydrogen-bond donors (Lipinski definition) is 2. The molecule has 2 rings (SSSR count). The van der Waals surface area contributed by atoms with E-state index in [1.54, 1.807) is 36.4 Å². The molecule has 96 valence electrons. The first-order valence-corrected chi connectivity index (χ1v) is 5.94. The molecule has 0 aliphatic carbocycles. The van der Waals surface area contributed by atoms with Crippen LogP contribution in [0.1, 0.15) is 15.9 Å². The minimum atomic E-state index is -0.467. The van der Waals surface area contributed by atoms with Crippen molar-refractivity contribution in [2.45, 2.75) is 0 Å². The maximum absolute atomic E-state index is 11.9. The number of halogens is 1. The third kappa shape index (κ3) is 3.14. The van der Waals surface area contributed by atoms with Crippen LogP contribution in [0.15, 0.2) is 54.6 Å². The zero-order valence-corrected chi connectivity index (χ0v) is 10.6. The number of hydrogen-bond acceptors (Lipinski definition) is 3. The summed E-state index contributed by atoms with van der Waals surface area (Å²) in [5, 5.41) is 19.9. The zero-order valence-electron chi connectivity index (χ0n) is 9.88. The van der Waals surface area contributed by atoms with E-state index in [-0.39, 0.29) is 17.1 Å². The van der Waals surface area contributed by atoms with Crippen LogP contribution in [0.25, 0.3) is 5.76 Å². The van der Waals surface area contributed by atoms with Gasteiger partial charge in [0, 0.05) is 16.7 Å². The van der Waals surface area contributed by atoms with Gasteiger partial charge in [0.05, 0.1) is 5.56 Å². The number of para-hydroxylation sites is 1. The Bertz CT molecular complexity index is 630. The van der Waals surface area contributed by atoms with Crippen LogP contribution in [-0.4, -0.2) is 16.0 Å². The zero-order chi connectivity index (χ0) is 13.8. The molecule has 4 heteroatoms. The second-order valence-electron chi connectivity index (χ2n) is 3.92. The van der Waals surface area contributed by atoms with E-state index in [9.17, 15) is 15.0 Å². The lowest BCUT2D eigenvalue weighted by atomic mass is 10.1. The van der Waals surface area contributed by atoms with Gasteiger partial charge in [-0.05, 0) is 36.4 Å². The van der Waals surface area contributed by atoms with Crippen molar-refractivity contribution < 1.29 is 15.0 Å². The summed E-state index contributed by atoms with van der Waals surface area (Å²) in [6.07, 6.45) is 1.07. The average Bonchev–Trinajstić information content (AvgIpc) is 2.39. The molecule has 0 bridgehead atoms. The van der Waals surface area contributed by atoms with Gasteiger partial charge in [0.1, 0.15) is 11.5 Å². The summed E-state index contributed by atoms with van der Waals surface area (Å²) >= 11 is 5.74. The van der Waals surface area contributed by atoms with Crippen molar-refractivity contribution in [3.63, 3.8) is 0 Å². The van der Waals surface area contributed by atoms with Crippen molar-refractivity contribution in [2.75, 3.05) is 0 Å². The summed E-state index contributed by atoms with van der Waals surface area (Å²) < 4.78 is 0. The Balaban J connectivity index is 2.28. The van der Waals surface area contributed by atoms with Crippen molar-refractivity contribution in [2.24, 2.45) is 0 Å². The first kappa shape index (κ1) is 13.2. The van der Waals surface area contributed by atoms with Crippen LogP contribution in [0.3, 0.4) is 0 Å². The molecule has 0 saturated carbocycles. The molecule has 2 aromatic rings. The van der Waals surface area contributed by atoms with Gasteiger partial charge in [-0.1, -0.05) is 23.7 Å². The summed E-state index contributed by atoms with van der Waals surface area (Å²) in [6.45, 7) is 0. The Kier molecular flexibility index (Phi) is 3.88. The number of phenolic OH excluding ortho intramolecular Hbond substituents is 1. The van der Waals surface area contributed by atoms with Crippen LogP contribution in [0.5, 0.6) is 5.75 Å². The fourth-order valence-electron chi connectivity index (χ4n) is 1.59. The fourth-order valence-corrected chi connectivity index (χ4v) is 1.71. The SMILES string of the molecule is O=C(C=C(O)c1ccc(Cl)cc1)c1ccccc1O. The van der Waals surface area contributed by atoms with Gasteiger partial charge in [-0.15, -0.1) is 0 Å². The number of ketones is 1. The van der Waals surface area contributed by atoms with Crippen LogP contribution in [0, 0.1) is 0 Å². The summed E-state index contributed by atoms with van der Waals surface area (Å²) in [4.78, 5) is 11.9. The lowest BCUT2D eigenvalue weighted by Gasteiger charge is -2.02. The average molecular weight is 275 g/mol. The molecule has 0 saturated heterocycles. The normalized spacial score (nSPS) is 11.3. The summed E-state index contributed by atoms with van der Waals surface area (Å²) in [7, 11) is 0. The molecule has 0 atom stereocenters. The molecule has 0 heterocycles. The molecule has 2 N–H and O–H groups in total. The maximum atomic E-state index is 11.9. The predicted molar refractivity (Wildman–Crippen MR) is 74.5 cm³/mol. The van der Waals surface area contributed by atoms with E-state index in [0.29, 0.717) is 10.6 Å². The van der Waals surface area contributed by atoms with Crippen LogP contribution in [0.4, 0.5) is 0 Å². The van der Waals surface area contributed by atoms with Crippen LogP contribution in [0.2, 0.25) is 5.02 Å². The molecule has 0 unspecified atom stereocenters. The molecule has 0 spiro atoms. The first-order chi connectivity index (χ1) is 9.08. The highest BCUT2D eigenvalue weighted by Gasteiger charge is 2.09. The molecule has 19 heavy (non-hydrogen) atoms. The van der Waals surface area contributed by atoms with Gasteiger partial charge in [0.15, 0.2) is 5.78 Å². The van der Waals surface area contributed by atoms with Crippen molar-refractivity contribution >= 4 is 23.1 Å². The summed E-state index contributed by atoms with van der Waals surface area (Å²) in [6, 6.07) is 12.6. The number of aliphatic hydroxyl groups excluding tert-OH is 1. The second kappa shape index (κ2) is 5.59. The summed E-state index contributed by atoms with van der Waals surface area (Å²) in [5.74, 6) is -0.761. The molecule has 0 aliphatic rings. The molecule has 2 aromatic carbocycles. The van der Waals surface area contributed by atoms with Crippen molar-refractivity contribution in [1.82, 2.24) is 0 Å². The van der Waals surface area contributed by atoms with Gasteiger partial charge in [-0.3, -0.25) is 4.79 Å². The van der Waals surface area contributed by atoms with Crippen molar-refractivity contribution in [1.29, 1.82) is 0 Å². The highest BCUT2D eigenvalue weighted by molar-refractivity contribution is 6.30. The smallest absolute Gasteiger partial charge is 0.193 e. The Labute approximate surface area is 115 Å². The molecule has 0 aliphatic heterocycles. The predicted octanol–water partition coefficient (Wildman–Crippen LogP) is 3.83. The van der Waals surface area contributed by atoms with E-state index in [2.05, 4.69) is 0 Å². The van der Waals surface area contributed by atoms with E-state index in [0.717, 1.165) is 6.08 Å². The number of aliphatic hydroxyl groups is 1. The third-order valence-electron chi connectivity index (χ3n) is 2.58. The lowest BCUT2D eigenvalue weighted by molar-refractivity contribution is 0.104. The number of allylic oxidation sites excluding steroid dienone is 1. The fraction of sp³-hybridized carbons (Fsp3) is 0. The lowest BCUT2D eigenvalue weighted by Crippen LogP contribution is -1.97. The standard InChI is InChI=1S/C15H11ClO3/c16-11-7-5-10(6-8-11)14(18)9-15(19)12-3-1-2-4-13(12)17/h1-9,17-18H. The first-order valence-electron chi connectivity index (χ1n) is 5.57. The van der Waals surface area contributed by atoms with Gasteiger partial charge in [-0.2, -0.15) is 0 Å². The highest BCUT2D eigenvalue weighted by Crippen LogP contribution is 2.20. The van der Waals surface area contributed by atoms with E-state index in [1.165, 1.54) is 12.1 Å². The van der Waals surface area contributed by atoms with E-state index in [1.807, 2.05) is 0 Å². The van der Waals surface area contributed by atoms with Crippen LogP contribution < -0.4 is 0 Å². The topological polar surface area (TPSA) is 57.5 Å². The number of phenols is 1.